The van der Waals surface area contributed by atoms with Crippen LogP contribution >= 0.6 is 0 Å². The van der Waals surface area contributed by atoms with E-state index in [0.717, 1.165) is 5.56 Å². The molecule has 0 aliphatic rings. The molecule has 0 spiro atoms. The Morgan fingerprint density at radius 3 is 2.52 bits per heavy atom. The van der Waals surface area contributed by atoms with Crippen molar-refractivity contribution in [3.63, 3.8) is 0 Å². The van der Waals surface area contributed by atoms with Crippen molar-refractivity contribution in [1.82, 2.24) is 5.32 Å². The van der Waals surface area contributed by atoms with Crippen LogP contribution in [-0.4, -0.2) is 19.6 Å². The summed E-state index contributed by atoms with van der Waals surface area (Å²) in [6.45, 7) is 2.82. The summed E-state index contributed by atoms with van der Waals surface area (Å²) >= 11 is 0. The molecule has 0 saturated carbocycles. The molecule has 0 unspecified atom stereocenters. The maximum absolute atomic E-state index is 12.1. The second-order valence-electron chi connectivity index (χ2n) is 4.79. The van der Waals surface area contributed by atoms with Gasteiger partial charge in [-0.1, -0.05) is 6.07 Å². The molecule has 118 valence electrons. The predicted octanol–water partition coefficient (Wildman–Crippen LogP) is 2.90. The van der Waals surface area contributed by atoms with Crippen LogP contribution in [0.15, 0.2) is 42.5 Å². The van der Waals surface area contributed by atoms with E-state index in [1.165, 1.54) is 0 Å². The van der Waals surface area contributed by atoms with Gasteiger partial charge < -0.3 is 14.8 Å². The van der Waals surface area contributed by atoms with Gasteiger partial charge in [0.05, 0.1) is 25.3 Å². The number of carbonyl (C=O) groups is 1. The van der Waals surface area contributed by atoms with Crippen molar-refractivity contribution in [2.45, 2.75) is 13.5 Å². The molecule has 2 aromatic carbocycles. The van der Waals surface area contributed by atoms with E-state index >= 15 is 0 Å². The molecule has 2 aromatic rings. The summed E-state index contributed by atoms with van der Waals surface area (Å²) in [6.07, 6.45) is 0. The molecule has 0 aromatic heterocycles. The average molecular weight is 310 g/mol. The number of hydrogen-bond donors (Lipinski definition) is 1. The molecule has 0 bridgehead atoms. The number of rotatable bonds is 6. The van der Waals surface area contributed by atoms with Gasteiger partial charge in [0.2, 0.25) is 0 Å². The minimum atomic E-state index is -0.191. The van der Waals surface area contributed by atoms with E-state index < -0.39 is 0 Å². The molecule has 0 aliphatic heterocycles. The zero-order valence-corrected chi connectivity index (χ0v) is 13.1. The summed E-state index contributed by atoms with van der Waals surface area (Å²) in [5, 5.41) is 11.6. The maximum Gasteiger partial charge on any atom is 0.251 e. The fraction of sp³-hybridized carbons (Fsp3) is 0.222. The van der Waals surface area contributed by atoms with Crippen LogP contribution in [-0.2, 0) is 6.54 Å². The summed E-state index contributed by atoms with van der Waals surface area (Å²) in [5.74, 6) is 1.12. The molecule has 23 heavy (non-hydrogen) atoms. The number of ether oxygens (including phenoxy) is 2. The van der Waals surface area contributed by atoms with Crippen molar-refractivity contribution in [2.75, 3.05) is 13.7 Å². The Labute approximate surface area is 135 Å². The lowest BCUT2D eigenvalue weighted by atomic mass is 10.1. The van der Waals surface area contributed by atoms with E-state index in [0.29, 0.717) is 35.8 Å². The van der Waals surface area contributed by atoms with E-state index in [1.807, 2.05) is 31.2 Å². The van der Waals surface area contributed by atoms with Gasteiger partial charge in [0.1, 0.15) is 0 Å². The first-order chi connectivity index (χ1) is 11.2. The summed E-state index contributed by atoms with van der Waals surface area (Å²) < 4.78 is 10.7. The fourth-order valence-electron chi connectivity index (χ4n) is 2.08. The standard InChI is InChI=1S/C18H18N2O3/c1-3-23-17-10-14(6-9-16(17)22-2)12-20-18(21)15-7-4-13(11-19)5-8-15/h4-10H,3,12H2,1-2H3,(H,20,21). The van der Waals surface area contributed by atoms with Crippen LogP contribution in [0.4, 0.5) is 0 Å². The maximum atomic E-state index is 12.1. The van der Waals surface area contributed by atoms with Gasteiger partial charge in [-0.15, -0.1) is 0 Å². The zero-order chi connectivity index (χ0) is 16.7. The Balaban J connectivity index is 2.03. The van der Waals surface area contributed by atoms with Crippen molar-refractivity contribution >= 4 is 5.91 Å². The van der Waals surface area contributed by atoms with Crippen LogP contribution in [0.2, 0.25) is 0 Å². The first kappa shape index (κ1) is 16.4. The Morgan fingerprint density at radius 1 is 1.17 bits per heavy atom. The molecule has 0 radical (unpaired) electrons. The Morgan fingerprint density at radius 2 is 1.91 bits per heavy atom. The van der Waals surface area contributed by atoms with Gasteiger partial charge in [0.25, 0.3) is 5.91 Å². The molecule has 1 N–H and O–H groups in total. The number of benzene rings is 2. The Bertz CT molecular complexity index is 718. The van der Waals surface area contributed by atoms with Crippen LogP contribution in [0, 0.1) is 11.3 Å². The molecule has 0 saturated heterocycles. The number of nitrogens with one attached hydrogen (secondary N) is 1. The van der Waals surface area contributed by atoms with Gasteiger partial charge in [0, 0.05) is 12.1 Å². The number of carbonyl (C=O) groups excluding carboxylic acids is 1. The second kappa shape index (κ2) is 7.85. The normalized spacial score (nSPS) is 9.78. The van der Waals surface area contributed by atoms with Gasteiger partial charge in [-0.3, -0.25) is 4.79 Å². The Hall–Kier alpha value is -3.00. The van der Waals surface area contributed by atoms with Crippen molar-refractivity contribution in [2.24, 2.45) is 0 Å². The number of amides is 1. The van der Waals surface area contributed by atoms with Gasteiger partial charge in [-0.2, -0.15) is 5.26 Å². The van der Waals surface area contributed by atoms with Crippen molar-refractivity contribution in [3.05, 3.63) is 59.2 Å². The summed E-state index contributed by atoms with van der Waals surface area (Å²) in [5.41, 5.74) is 1.96. The van der Waals surface area contributed by atoms with Crippen LogP contribution in [0.1, 0.15) is 28.4 Å². The highest BCUT2D eigenvalue weighted by molar-refractivity contribution is 5.94. The lowest BCUT2D eigenvalue weighted by Gasteiger charge is -2.11. The van der Waals surface area contributed by atoms with E-state index in [1.54, 1.807) is 31.4 Å². The number of nitrogens with zero attached hydrogens (tertiary/aromatic N) is 1. The van der Waals surface area contributed by atoms with Crippen LogP contribution in [0.3, 0.4) is 0 Å². The van der Waals surface area contributed by atoms with Crippen molar-refractivity contribution < 1.29 is 14.3 Å². The number of nitriles is 1. The van der Waals surface area contributed by atoms with E-state index in [9.17, 15) is 4.79 Å². The highest BCUT2D eigenvalue weighted by atomic mass is 16.5. The lowest BCUT2D eigenvalue weighted by molar-refractivity contribution is 0.0951. The minimum absolute atomic E-state index is 0.191. The first-order valence-electron chi connectivity index (χ1n) is 7.26. The molecule has 0 aliphatic carbocycles. The monoisotopic (exact) mass is 310 g/mol. The highest BCUT2D eigenvalue weighted by Gasteiger charge is 2.08. The largest absolute Gasteiger partial charge is 0.493 e. The highest BCUT2D eigenvalue weighted by Crippen LogP contribution is 2.28. The van der Waals surface area contributed by atoms with Crippen LogP contribution in [0.25, 0.3) is 0 Å². The van der Waals surface area contributed by atoms with Crippen LogP contribution in [0.5, 0.6) is 11.5 Å². The molecular formula is C18H18N2O3. The first-order valence-corrected chi connectivity index (χ1v) is 7.26. The third-order valence-electron chi connectivity index (χ3n) is 3.26. The van der Waals surface area contributed by atoms with Gasteiger partial charge in [-0.05, 0) is 48.9 Å². The van der Waals surface area contributed by atoms with Crippen LogP contribution < -0.4 is 14.8 Å². The van der Waals surface area contributed by atoms with E-state index in [-0.39, 0.29) is 5.91 Å². The predicted molar refractivity (Wildman–Crippen MR) is 86.5 cm³/mol. The van der Waals surface area contributed by atoms with Crippen molar-refractivity contribution in [3.8, 4) is 17.6 Å². The third-order valence-corrected chi connectivity index (χ3v) is 3.26. The zero-order valence-electron chi connectivity index (χ0n) is 13.1. The summed E-state index contributed by atoms with van der Waals surface area (Å²) in [4.78, 5) is 12.1. The SMILES string of the molecule is CCOc1cc(CNC(=O)c2ccc(C#N)cc2)ccc1OC. The van der Waals surface area contributed by atoms with Crippen molar-refractivity contribution in [1.29, 1.82) is 5.26 Å². The molecular weight excluding hydrogens is 292 g/mol. The number of methoxy groups -OCH3 is 1. The average Bonchev–Trinajstić information content (AvgIpc) is 2.60. The Kier molecular flexibility index (Phi) is 5.59. The molecule has 0 heterocycles. The summed E-state index contributed by atoms with van der Waals surface area (Å²) in [7, 11) is 1.59. The van der Waals surface area contributed by atoms with E-state index in [4.69, 9.17) is 14.7 Å². The molecule has 5 heteroatoms. The second-order valence-corrected chi connectivity index (χ2v) is 4.79. The third kappa shape index (κ3) is 4.24. The van der Waals surface area contributed by atoms with Gasteiger partial charge in [0.15, 0.2) is 11.5 Å². The number of hydrogen-bond acceptors (Lipinski definition) is 4. The summed E-state index contributed by atoms with van der Waals surface area (Å²) in [6, 6.07) is 14.1. The molecule has 0 atom stereocenters. The van der Waals surface area contributed by atoms with Gasteiger partial charge >= 0.3 is 0 Å². The molecule has 1 amide bonds. The molecule has 2 rings (SSSR count). The molecule has 5 nitrogen and oxygen atoms in total. The fourth-order valence-corrected chi connectivity index (χ4v) is 2.08. The smallest absolute Gasteiger partial charge is 0.251 e. The topological polar surface area (TPSA) is 71.3 Å². The van der Waals surface area contributed by atoms with E-state index in [2.05, 4.69) is 5.32 Å². The molecule has 0 fully saturated rings. The quantitative estimate of drug-likeness (QED) is 0.890. The lowest BCUT2D eigenvalue weighted by Crippen LogP contribution is -2.22. The van der Waals surface area contributed by atoms with Gasteiger partial charge in [-0.25, -0.2) is 0 Å². The minimum Gasteiger partial charge on any atom is -0.493 e.